The Hall–Kier alpha value is -2.14. The highest BCUT2D eigenvalue weighted by Crippen LogP contribution is 2.21. The largest absolute Gasteiger partial charge is 0.343 e. The molecule has 0 saturated carbocycles. The minimum Gasteiger partial charge on any atom is -0.343 e. The summed E-state index contributed by atoms with van der Waals surface area (Å²) in [5, 5.41) is 4.59. The zero-order valence-electron chi connectivity index (χ0n) is 14.3. The number of hydrogen-bond acceptors (Lipinski definition) is 3. The molecule has 2 N–H and O–H groups in total. The van der Waals surface area contributed by atoms with Crippen molar-refractivity contribution in [1.82, 2.24) is 15.2 Å². The highest BCUT2D eigenvalue weighted by atomic mass is 16.2. The fourth-order valence-corrected chi connectivity index (χ4v) is 3.57. The lowest BCUT2D eigenvalue weighted by Gasteiger charge is -2.38. The lowest BCUT2D eigenvalue weighted by Crippen LogP contribution is -2.50. The predicted molar refractivity (Wildman–Crippen MR) is 95.8 cm³/mol. The minimum absolute atomic E-state index is 0.0320. The Labute approximate surface area is 142 Å². The third-order valence-corrected chi connectivity index (χ3v) is 5.09. The van der Waals surface area contributed by atoms with E-state index in [0.29, 0.717) is 18.5 Å². The molecule has 128 valence electrons. The van der Waals surface area contributed by atoms with Crippen LogP contribution in [0.2, 0.25) is 0 Å². The third kappa shape index (κ3) is 3.51. The number of para-hydroxylation sites is 1. The van der Waals surface area contributed by atoms with Crippen LogP contribution >= 0.6 is 0 Å². The smallest absolute Gasteiger partial charge is 0.252 e. The number of fused-ring (bicyclic) bond motifs is 1. The zero-order valence-corrected chi connectivity index (χ0v) is 14.3. The van der Waals surface area contributed by atoms with Gasteiger partial charge in [-0.1, -0.05) is 31.5 Å². The second kappa shape index (κ2) is 7.18. The van der Waals surface area contributed by atoms with Gasteiger partial charge in [-0.05, 0) is 29.9 Å². The number of likely N-dealkylation sites (tertiary alicyclic amines) is 1. The summed E-state index contributed by atoms with van der Waals surface area (Å²) in [5.41, 5.74) is 1.60. The Morgan fingerprint density at radius 1 is 1.38 bits per heavy atom. The Morgan fingerprint density at radius 2 is 2.17 bits per heavy atom. The second-order valence-corrected chi connectivity index (χ2v) is 6.62. The van der Waals surface area contributed by atoms with E-state index in [9.17, 15) is 9.59 Å². The molecule has 24 heavy (non-hydrogen) atoms. The highest BCUT2D eigenvalue weighted by molar-refractivity contribution is 5.78. The molecule has 0 unspecified atom stereocenters. The van der Waals surface area contributed by atoms with Gasteiger partial charge in [0.15, 0.2) is 0 Å². The average Bonchev–Trinajstić information content (AvgIpc) is 2.59. The van der Waals surface area contributed by atoms with E-state index in [1.54, 1.807) is 6.92 Å². The quantitative estimate of drug-likeness (QED) is 0.905. The Balaban J connectivity index is 1.70. The Kier molecular flexibility index (Phi) is 5.00. The number of H-pyrrole nitrogens is 1. The van der Waals surface area contributed by atoms with E-state index in [1.165, 1.54) is 0 Å². The number of pyridine rings is 1. The fraction of sp³-hybridized carbons (Fsp3) is 0.474. The predicted octanol–water partition coefficient (Wildman–Crippen LogP) is 2.26. The lowest BCUT2D eigenvalue weighted by molar-refractivity contribution is -0.131. The maximum atomic E-state index is 12.2. The number of aromatic amines is 1. The number of nitrogens with zero attached hydrogens (tertiary/aromatic N) is 1. The summed E-state index contributed by atoms with van der Waals surface area (Å²) in [4.78, 5) is 28.7. The van der Waals surface area contributed by atoms with Crippen LogP contribution in [0.15, 0.2) is 35.1 Å². The van der Waals surface area contributed by atoms with E-state index < -0.39 is 0 Å². The highest BCUT2D eigenvalue weighted by Gasteiger charge is 2.28. The molecule has 5 heteroatoms. The number of amides is 1. The van der Waals surface area contributed by atoms with Crippen molar-refractivity contribution in [3.05, 3.63) is 46.2 Å². The summed E-state index contributed by atoms with van der Waals surface area (Å²) < 4.78 is 0. The maximum absolute atomic E-state index is 12.2. The van der Waals surface area contributed by atoms with Gasteiger partial charge in [0.1, 0.15) is 0 Å². The molecular formula is C19H25N3O2. The van der Waals surface area contributed by atoms with Gasteiger partial charge in [-0.3, -0.25) is 9.59 Å². The zero-order chi connectivity index (χ0) is 17.1. The summed E-state index contributed by atoms with van der Waals surface area (Å²) in [6.45, 7) is 5.94. The molecule has 1 aromatic carbocycles. The van der Waals surface area contributed by atoms with E-state index in [4.69, 9.17) is 0 Å². The number of hydrogen-bond donors (Lipinski definition) is 2. The lowest BCUT2D eigenvalue weighted by atomic mass is 9.89. The van der Waals surface area contributed by atoms with Gasteiger partial charge in [0.05, 0.1) is 0 Å². The first-order chi connectivity index (χ1) is 11.6. The van der Waals surface area contributed by atoms with Crippen molar-refractivity contribution in [2.45, 2.75) is 39.3 Å². The molecule has 1 aliphatic heterocycles. The van der Waals surface area contributed by atoms with Crippen molar-refractivity contribution in [1.29, 1.82) is 0 Å². The van der Waals surface area contributed by atoms with Crippen molar-refractivity contribution in [3.8, 4) is 0 Å². The van der Waals surface area contributed by atoms with Crippen molar-refractivity contribution in [2.75, 3.05) is 13.1 Å². The fourth-order valence-electron chi connectivity index (χ4n) is 3.57. The van der Waals surface area contributed by atoms with E-state index in [1.807, 2.05) is 35.2 Å². The molecule has 3 rings (SSSR count). The van der Waals surface area contributed by atoms with E-state index >= 15 is 0 Å². The maximum Gasteiger partial charge on any atom is 0.252 e. The monoisotopic (exact) mass is 327 g/mol. The molecule has 2 aromatic rings. The number of benzene rings is 1. The number of piperidine rings is 1. The molecule has 1 amide bonds. The Morgan fingerprint density at radius 3 is 2.92 bits per heavy atom. The van der Waals surface area contributed by atoms with Crippen molar-refractivity contribution in [2.24, 2.45) is 5.92 Å². The standard InChI is InChI=1S/C19H25N3O2/c1-3-14-12-22(13(2)23)9-8-17(14)20-11-16-10-15-6-4-5-7-18(15)21-19(16)24/h4-7,10,14,17,20H,3,8-9,11-12H2,1-2H3,(H,21,24)/t14-,17+/m0/s1. The van der Waals surface area contributed by atoms with Gasteiger partial charge in [-0.25, -0.2) is 0 Å². The molecule has 1 aromatic heterocycles. The number of carbonyl (C=O) groups is 1. The van der Waals surface area contributed by atoms with Gasteiger partial charge in [0.25, 0.3) is 5.56 Å². The van der Waals surface area contributed by atoms with Crippen LogP contribution in [0.1, 0.15) is 32.3 Å². The minimum atomic E-state index is -0.0320. The van der Waals surface area contributed by atoms with Gasteiger partial charge < -0.3 is 15.2 Å². The number of aromatic nitrogens is 1. The van der Waals surface area contributed by atoms with Crippen LogP contribution in [0.25, 0.3) is 10.9 Å². The molecule has 0 spiro atoms. The Bertz CT molecular complexity index is 784. The molecule has 0 bridgehead atoms. The van der Waals surface area contributed by atoms with Crippen LogP contribution in [0, 0.1) is 5.92 Å². The summed E-state index contributed by atoms with van der Waals surface area (Å²) in [5.74, 6) is 0.583. The molecule has 0 aliphatic carbocycles. The first-order valence-electron chi connectivity index (χ1n) is 8.68. The van der Waals surface area contributed by atoms with Gasteiger partial charge in [0, 0.05) is 43.7 Å². The van der Waals surface area contributed by atoms with Crippen LogP contribution in [-0.2, 0) is 11.3 Å². The number of rotatable bonds is 4. The van der Waals surface area contributed by atoms with Crippen LogP contribution in [0.5, 0.6) is 0 Å². The van der Waals surface area contributed by atoms with E-state index in [0.717, 1.165) is 42.4 Å². The summed E-state index contributed by atoms with van der Waals surface area (Å²) in [6, 6.07) is 10.1. The van der Waals surface area contributed by atoms with E-state index in [2.05, 4.69) is 17.2 Å². The molecule has 1 fully saturated rings. The molecule has 0 radical (unpaired) electrons. The molecular weight excluding hydrogens is 302 g/mol. The SMILES string of the molecule is CC[C@H]1CN(C(C)=O)CC[C@H]1NCc1cc2ccccc2[nH]c1=O. The molecule has 5 nitrogen and oxygen atoms in total. The summed E-state index contributed by atoms with van der Waals surface area (Å²) in [6.07, 6.45) is 1.96. The van der Waals surface area contributed by atoms with Crippen LogP contribution in [-0.4, -0.2) is 34.9 Å². The molecule has 2 heterocycles. The average molecular weight is 327 g/mol. The first-order valence-corrected chi connectivity index (χ1v) is 8.68. The van der Waals surface area contributed by atoms with Crippen LogP contribution < -0.4 is 10.9 Å². The van der Waals surface area contributed by atoms with E-state index in [-0.39, 0.29) is 11.5 Å². The van der Waals surface area contributed by atoms with Gasteiger partial charge in [-0.2, -0.15) is 0 Å². The van der Waals surface area contributed by atoms with Crippen molar-refractivity contribution in [3.63, 3.8) is 0 Å². The van der Waals surface area contributed by atoms with Crippen LogP contribution in [0.4, 0.5) is 0 Å². The van der Waals surface area contributed by atoms with Gasteiger partial charge in [0.2, 0.25) is 5.91 Å². The van der Waals surface area contributed by atoms with Crippen molar-refractivity contribution >= 4 is 16.8 Å². The normalized spacial score (nSPS) is 21.2. The topological polar surface area (TPSA) is 65.2 Å². The third-order valence-electron chi connectivity index (χ3n) is 5.09. The first kappa shape index (κ1) is 16.7. The second-order valence-electron chi connectivity index (χ2n) is 6.62. The van der Waals surface area contributed by atoms with Gasteiger partial charge >= 0.3 is 0 Å². The molecule has 1 aliphatic rings. The molecule has 1 saturated heterocycles. The number of carbonyl (C=O) groups excluding carboxylic acids is 1. The van der Waals surface area contributed by atoms with Crippen molar-refractivity contribution < 1.29 is 4.79 Å². The number of nitrogens with one attached hydrogen (secondary N) is 2. The van der Waals surface area contributed by atoms with Gasteiger partial charge in [-0.15, -0.1) is 0 Å². The summed E-state index contributed by atoms with van der Waals surface area (Å²) in [7, 11) is 0. The van der Waals surface area contributed by atoms with Crippen LogP contribution in [0.3, 0.4) is 0 Å². The molecule has 2 atom stereocenters. The summed E-state index contributed by atoms with van der Waals surface area (Å²) >= 11 is 0.